The molecule has 3 rings (SSSR count). The number of thiophene rings is 1. The van der Waals surface area contributed by atoms with Gasteiger partial charge in [0.15, 0.2) is 5.96 Å². The number of rotatable bonds is 5. The van der Waals surface area contributed by atoms with Gasteiger partial charge in [-0.1, -0.05) is 12.1 Å². The molecule has 8 heteroatoms. The van der Waals surface area contributed by atoms with Gasteiger partial charge < -0.3 is 10.6 Å². The van der Waals surface area contributed by atoms with Crippen LogP contribution in [0.2, 0.25) is 0 Å². The zero-order chi connectivity index (χ0) is 15.9. The second-order valence-electron chi connectivity index (χ2n) is 4.92. The number of hydrogen-bond acceptors (Lipinski definition) is 4. The smallest absolute Gasteiger partial charge is 0.191 e. The molecule has 2 N–H and O–H groups in total. The van der Waals surface area contributed by atoms with Crippen molar-refractivity contribution in [2.24, 2.45) is 4.99 Å². The Labute approximate surface area is 162 Å². The summed E-state index contributed by atoms with van der Waals surface area (Å²) in [6.45, 7) is 1.48. The lowest BCUT2D eigenvalue weighted by Crippen LogP contribution is -2.36. The van der Waals surface area contributed by atoms with Gasteiger partial charge in [-0.05, 0) is 40.1 Å². The van der Waals surface area contributed by atoms with E-state index in [0.29, 0.717) is 6.54 Å². The lowest BCUT2D eigenvalue weighted by atomic mass is 10.2. The summed E-state index contributed by atoms with van der Waals surface area (Å²) in [6.07, 6.45) is 3.21. The van der Waals surface area contributed by atoms with E-state index in [0.717, 1.165) is 18.2 Å². The van der Waals surface area contributed by atoms with E-state index < -0.39 is 0 Å². The molecule has 2 heterocycles. The number of hydrogen-bond donors (Lipinski definition) is 2. The highest BCUT2D eigenvalue weighted by atomic mass is 127. The fourth-order valence-corrected chi connectivity index (χ4v) is 2.76. The van der Waals surface area contributed by atoms with Gasteiger partial charge in [0.25, 0.3) is 0 Å². The molecule has 0 saturated carbocycles. The number of guanidine groups is 1. The Hall–Kier alpha value is -1.94. The molecule has 24 heavy (non-hydrogen) atoms. The molecule has 3 aromatic rings. The van der Waals surface area contributed by atoms with Crippen LogP contribution in [0.4, 0.5) is 0 Å². The number of benzene rings is 1. The summed E-state index contributed by atoms with van der Waals surface area (Å²) < 4.78 is 1.73. The van der Waals surface area contributed by atoms with Gasteiger partial charge in [0.1, 0.15) is 12.7 Å². The van der Waals surface area contributed by atoms with Crippen molar-refractivity contribution < 1.29 is 0 Å². The molecule has 6 nitrogen and oxygen atoms in total. The van der Waals surface area contributed by atoms with Crippen molar-refractivity contribution in [1.82, 2.24) is 25.4 Å². The van der Waals surface area contributed by atoms with Crippen molar-refractivity contribution in [1.29, 1.82) is 0 Å². The minimum absolute atomic E-state index is 0. The van der Waals surface area contributed by atoms with Crippen LogP contribution in [0.15, 0.2) is 58.7 Å². The fraction of sp³-hybridized carbons (Fsp3) is 0.188. The van der Waals surface area contributed by atoms with Crippen molar-refractivity contribution in [2.45, 2.75) is 13.1 Å². The number of halogens is 1. The third-order valence-corrected chi connectivity index (χ3v) is 4.08. The molecule has 0 bridgehead atoms. The van der Waals surface area contributed by atoms with Crippen molar-refractivity contribution in [3.63, 3.8) is 0 Å². The summed E-state index contributed by atoms with van der Waals surface area (Å²) in [6, 6.07) is 10.3. The van der Waals surface area contributed by atoms with Crippen LogP contribution in [-0.4, -0.2) is 27.8 Å². The summed E-state index contributed by atoms with van der Waals surface area (Å²) >= 11 is 1.70. The van der Waals surface area contributed by atoms with Crippen molar-refractivity contribution in [2.75, 3.05) is 7.05 Å². The SMILES string of the molecule is CN=C(NCc1ccc(-n2cncn2)cc1)NCc1ccsc1.I. The third kappa shape index (κ3) is 5.03. The molecule has 0 fully saturated rings. The summed E-state index contributed by atoms with van der Waals surface area (Å²) in [5, 5.41) is 14.9. The molecular formula is C16H19IN6S. The van der Waals surface area contributed by atoms with Gasteiger partial charge in [-0.25, -0.2) is 9.67 Å². The van der Waals surface area contributed by atoms with E-state index in [1.54, 1.807) is 29.4 Å². The predicted molar refractivity (Wildman–Crippen MR) is 108 cm³/mol. The highest BCUT2D eigenvalue weighted by Crippen LogP contribution is 2.08. The first-order chi connectivity index (χ1) is 11.3. The van der Waals surface area contributed by atoms with Crippen LogP contribution in [0.25, 0.3) is 5.69 Å². The van der Waals surface area contributed by atoms with Crippen LogP contribution in [0.3, 0.4) is 0 Å². The molecule has 0 unspecified atom stereocenters. The molecule has 126 valence electrons. The van der Waals surface area contributed by atoms with E-state index in [1.165, 1.54) is 17.5 Å². The minimum atomic E-state index is 0. The van der Waals surface area contributed by atoms with E-state index in [9.17, 15) is 0 Å². The number of nitrogens with zero attached hydrogens (tertiary/aromatic N) is 4. The highest BCUT2D eigenvalue weighted by molar-refractivity contribution is 14.0. The molecule has 2 aromatic heterocycles. The van der Waals surface area contributed by atoms with Crippen LogP contribution in [-0.2, 0) is 13.1 Å². The average Bonchev–Trinajstić information content (AvgIpc) is 3.29. The quantitative estimate of drug-likeness (QED) is 0.354. The standard InChI is InChI=1S/C16H18N6S.HI/c1-17-16(20-9-14-6-7-23-10-14)19-8-13-2-4-15(5-3-13)22-12-18-11-21-22;/h2-7,10-12H,8-9H2,1H3,(H2,17,19,20);1H. The second-order valence-corrected chi connectivity index (χ2v) is 5.70. The first-order valence-electron chi connectivity index (χ1n) is 7.24. The monoisotopic (exact) mass is 454 g/mol. The van der Waals surface area contributed by atoms with Crippen LogP contribution in [0.5, 0.6) is 0 Å². The fourth-order valence-electron chi connectivity index (χ4n) is 2.09. The Morgan fingerprint density at radius 3 is 2.46 bits per heavy atom. The number of aliphatic imine (C=N–C) groups is 1. The van der Waals surface area contributed by atoms with E-state index in [1.807, 2.05) is 12.1 Å². The summed E-state index contributed by atoms with van der Waals surface area (Å²) in [4.78, 5) is 8.19. The number of aromatic nitrogens is 3. The van der Waals surface area contributed by atoms with Crippen molar-refractivity contribution in [3.05, 3.63) is 64.9 Å². The van der Waals surface area contributed by atoms with Crippen LogP contribution < -0.4 is 10.6 Å². The van der Waals surface area contributed by atoms with E-state index in [-0.39, 0.29) is 24.0 Å². The van der Waals surface area contributed by atoms with Gasteiger partial charge in [0.05, 0.1) is 5.69 Å². The molecular weight excluding hydrogens is 435 g/mol. The predicted octanol–water partition coefficient (Wildman–Crippen LogP) is 2.81. The molecule has 0 amide bonds. The molecule has 0 aliphatic carbocycles. The summed E-state index contributed by atoms with van der Waals surface area (Å²) in [5.74, 6) is 0.788. The molecule has 1 aromatic carbocycles. The molecule has 0 aliphatic rings. The van der Waals surface area contributed by atoms with Gasteiger partial charge >= 0.3 is 0 Å². The Morgan fingerprint density at radius 1 is 1.12 bits per heavy atom. The van der Waals surface area contributed by atoms with Gasteiger partial charge in [-0.3, -0.25) is 4.99 Å². The maximum Gasteiger partial charge on any atom is 0.191 e. The Kier molecular flexibility index (Phi) is 7.19. The van der Waals surface area contributed by atoms with E-state index >= 15 is 0 Å². The zero-order valence-corrected chi connectivity index (χ0v) is 16.4. The Bertz CT molecular complexity index is 737. The number of nitrogens with one attached hydrogen (secondary N) is 2. The van der Waals surface area contributed by atoms with Crippen molar-refractivity contribution in [3.8, 4) is 5.69 Å². The van der Waals surface area contributed by atoms with Crippen LogP contribution in [0.1, 0.15) is 11.1 Å². The lowest BCUT2D eigenvalue weighted by Gasteiger charge is -2.11. The zero-order valence-electron chi connectivity index (χ0n) is 13.2. The molecule has 0 saturated heterocycles. The maximum absolute atomic E-state index is 4.24. The lowest BCUT2D eigenvalue weighted by molar-refractivity contribution is 0.809. The first-order valence-corrected chi connectivity index (χ1v) is 8.19. The maximum atomic E-state index is 4.24. The molecule has 0 atom stereocenters. The minimum Gasteiger partial charge on any atom is -0.352 e. The topological polar surface area (TPSA) is 67.1 Å². The van der Waals surface area contributed by atoms with Gasteiger partial charge in [-0.15, -0.1) is 24.0 Å². The van der Waals surface area contributed by atoms with E-state index in [4.69, 9.17) is 0 Å². The van der Waals surface area contributed by atoms with Gasteiger partial charge in [0, 0.05) is 20.1 Å². The van der Waals surface area contributed by atoms with Crippen LogP contribution >= 0.6 is 35.3 Å². The molecule has 0 aliphatic heterocycles. The second kappa shape index (κ2) is 9.38. The summed E-state index contributed by atoms with van der Waals surface area (Å²) in [7, 11) is 1.77. The average molecular weight is 454 g/mol. The normalized spacial score (nSPS) is 11.0. The molecule has 0 radical (unpaired) electrons. The van der Waals surface area contributed by atoms with Gasteiger partial charge in [0.2, 0.25) is 0 Å². The largest absolute Gasteiger partial charge is 0.352 e. The van der Waals surface area contributed by atoms with Gasteiger partial charge in [-0.2, -0.15) is 16.4 Å². The first kappa shape index (κ1) is 18.4. The van der Waals surface area contributed by atoms with Crippen LogP contribution in [0, 0.1) is 0 Å². The third-order valence-electron chi connectivity index (χ3n) is 3.34. The van der Waals surface area contributed by atoms with Crippen molar-refractivity contribution >= 4 is 41.3 Å². The molecule has 0 spiro atoms. The van der Waals surface area contributed by atoms with E-state index in [2.05, 4.69) is 54.7 Å². The summed E-state index contributed by atoms with van der Waals surface area (Å²) in [5.41, 5.74) is 3.42. The Balaban J connectivity index is 0.00000208. The Morgan fingerprint density at radius 2 is 1.88 bits per heavy atom. The highest BCUT2D eigenvalue weighted by Gasteiger charge is 2.01.